The Morgan fingerprint density at radius 2 is 2.00 bits per heavy atom. The van der Waals surface area contributed by atoms with Gasteiger partial charge in [-0.1, -0.05) is 25.5 Å². The molecule has 0 aromatic heterocycles. The minimum atomic E-state index is 1.18. The van der Waals surface area contributed by atoms with Crippen LogP contribution in [0.2, 0.25) is 0 Å². The predicted molar refractivity (Wildman–Crippen MR) is 34.3 cm³/mol. The lowest BCUT2D eigenvalue weighted by atomic mass is 10.2. The fraction of sp³-hybridized carbons (Fsp3) is 0.714. The first-order chi connectivity index (χ1) is 3.31. The summed E-state index contributed by atoms with van der Waals surface area (Å²) in [6.07, 6.45) is 4.65. The van der Waals surface area contributed by atoms with Crippen molar-refractivity contribution < 1.29 is 0 Å². The molecule has 0 bridgehead atoms. The van der Waals surface area contributed by atoms with Crippen LogP contribution in [0.1, 0.15) is 33.6 Å². The standard InChI is InChI=1S/C7H14/c1-4-6-7(3)5-2/h6H,4-5H2,1-3H3/b7-6-. The summed E-state index contributed by atoms with van der Waals surface area (Å²) in [5, 5.41) is 0. The molecule has 0 N–H and O–H groups in total. The second-order valence-electron chi connectivity index (χ2n) is 1.81. The van der Waals surface area contributed by atoms with Crippen LogP contribution in [0.25, 0.3) is 0 Å². The van der Waals surface area contributed by atoms with Crippen LogP contribution < -0.4 is 0 Å². The van der Waals surface area contributed by atoms with E-state index in [0.29, 0.717) is 0 Å². The average Bonchev–Trinajstić information content (AvgIpc) is 1.68. The Hall–Kier alpha value is -0.260. The van der Waals surface area contributed by atoms with Gasteiger partial charge in [0.1, 0.15) is 0 Å². The molecule has 0 saturated carbocycles. The highest BCUT2D eigenvalue weighted by atomic mass is 13.8. The molecule has 0 fully saturated rings. The lowest BCUT2D eigenvalue weighted by molar-refractivity contribution is 1.06. The highest BCUT2D eigenvalue weighted by Crippen LogP contribution is 1.97. The zero-order valence-corrected chi connectivity index (χ0v) is 5.49. The number of allylic oxidation sites excluding steroid dienone is 2. The lowest BCUT2D eigenvalue weighted by Gasteiger charge is -1.88. The Labute approximate surface area is 46.2 Å². The van der Waals surface area contributed by atoms with Gasteiger partial charge >= 0.3 is 0 Å². The summed E-state index contributed by atoms with van der Waals surface area (Å²) in [6, 6.07) is 0. The first-order valence-corrected chi connectivity index (χ1v) is 2.96. The van der Waals surface area contributed by atoms with Crippen molar-refractivity contribution in [2.75, 3.05) is 0 Å². The summed E-state index contributed by atoms with van der Waals surface area (Å²) in [5.41, 5.74) is 1.50. The molecule has 0 heteroatoms. The third-order valence-corrected chi connectivity index (χ3v) is 1.11. The van der Waals surface area contributed by atoms with Gasteiger partial charge in [-0.25, -0.2) is 0 Å². The van der Waals surface area contributed by atoms with Gasteiger partial charge in [-0.2, -0.15) is 0 Å². The van der Waals surface area contributed by atoms with Crippen molar-refractivity contribution in [3.8, 4) is 0 Å². The number of rotatable bonds is 2. The molecule has 0 atom stereocenters. The van der Waals surface area contributed by atoms with Crippen LogP contribution in [0.5, 0.6) is 0 Å². The highest BCUT2D eigenvalue weighted by Gasteiger charge is 1.76. The Morgan fingerprint density at radius 3 is 2.14 bits per heavy atom. The number of hydrogen-bond donors (Lipinski definition) is 0. The summed E-state index contributed by atoms with van der Waals surface area (Å²) in [4.78, 5) is 0. The van der Waals surface area contributed by atoms with Gasteiger partial charge < -0.3 is 0 Å². The normalized spacial score (nSPS) is 12.1. The summed E-state index contributed by atoms with van der Waals surface area (Å²) in [7, 11) is 0. The van der Waals surface area contributed by atoms with Crippen molar-refractivity contribution in [1.29, 1.82) is 0 Å². The molecule has 7 heavy (non-hydrogen) atoms. The SMILES string of the molecule is CC/C=C(/C)CC. The third-order valence-electron chi connectivity index (χ3n) is 1.11. The maximum absolute atomic E-state index is 2.26. The molecule has 0 nitrogen and oxygen atoms in total. The van der Waals surface area contributed by atoms with Crippen molar-refractivity contribution in [1.82, 2.24) is 0 Å². The molecule has 0 saturated heterocycles. The predicted octanol–water partition coefficient (Wildman–Crippen LogP) is 2.75. The zero-order valence-electron chi connectivity index (χ0n) is 5.49. The van der Waals surface area contributed by atoms with E-state index in [4.69, 9.17) is 0 Å². The lowest BCUT2D eigenvalue weighted by Crippen LogP contribution is -1.67. The van der Waals surface area contributed by atoms with Crippen LogP contribution in [-0.4, -0.2) is 0 Å². The molecule has 0 radical (unpaired) electrons. The van der Waals surface area contributed by atoms with Crippen LogP contribution >= 0.6 is 0 Å². The Morgan fingerprint density at radius 1 is 1.43 bits per heavy atom. The topological polar surface area (TPSA) is 0 Å². The minimum Gasteiger partial charge on any atom is -0.0859 e. The summed E-state index contributed by atoms with van der Waals surface area (Å²) < 4.78 is 0. The van der Waals surface area contributed by atoms with E-state index in [9.17, 15) is 0 Å². The smallest absolute Gasteiger partial charge is 0.0352 e. The molecule has 0 heterocycles. The number of hydrogen-bond acceptors (Lipinski definition) is 0. The fourth-order valence-corrected chi connectivity index (χ4v) is 0.493. The van der Waals surface area contributed by atoms with E-state index in [1.165, 1.54) is 18.4 Å². The monoisotopic (exact) mass is 98.1 g/mol. The van der Waals surface area contributed by atoms with Gasteiger partial charge in [0.2, 0.25) is 0 Å². The highest BCUT2D eigenvalue weighted by molar-refractivity contribution is 4.95. The molecule has 0 unspecified atom stereocenters. The van der Waals surface area contributed by atoms with Gasteiger partial charge in [-0.3, -0.25) is 0 Å². The minimum absolute atomic E-state index is 1.18. The van der Waals surface area contributed by atoms with Crippen LogP contribution in [0, 0.1) is 0 Å². The quantitative estimate of drug-likeness (QED) is 0.466. The van der Waals surface area contributed by atoms with Crippen molar-refractivity contribution in [3.05, 3.63) is 11.6 Å². The molecule has 0 amide bonds. The van der Waals surface area contributed by atoms with Gasteiger partial charge in [0.15, 0.2) is 0 Å². The van der Waals surface area contributed by atoms with Gasteiger partial charge in [-0.05, 0) is 19.8 Å². The van der Waals surface area contributed by atoms with Crippen LogP contribution in [0.15, 0.2) is 11.6 Å². The fourth-order valence-electron chi connectivity index (χ4n) is 0.493. The van der Waals surface area contributed by atoms with Crippen LogP contribution in [0.3, 0.4) is 0 Å². The van der Waals surface area contributed by atoms with E-state index in [1.54, 1.807) is 0 Å². The van der Waals surface area contributed by atoms with Crippen molar-refractivity contribution in [3.63, 3.8) is 0 Å². The molecule has 0 rings (SSSR count). The van der Waals surface area contributed by atoms with Crippen molar-refractivity contribution in [2.45, 2.75) is 33.6 Å². The van der Waals surface area contributed by atoms with E-state index in [2.05, 4.69) is 26.8 Å². The first-order valence-electron chi connectivity index (χ1n) is 2.96. The Bertz CT molecular complexity index is 60.4. The van der Waals surface area contributed by atoms with E-state index in [-0.39, 0.29) is 0 Å². The second-order valence-corrected chi connectivity index (χ2v) is 1.81. The van der Waals surface area contributed by atoms with E-state index in [0.717, 1.165) is 0 Å². The van der Waals surface area contributed by atoms with Gasteiger partial charge in [0.05, 0.1) is 0 Å². The molecule has 42 valence electrons. The van der Waals surface area contributed by atoms with E-state index < -0.39 is 0 Å². The van der Waals surface area contributed by atoms with Gasteiger partial charge in [-0.15, -0.1) is 0 Å². The van der Waals surface area contributed by atoms with Crippen molar-refractivity contribution >= 4 is 0 Å². The Kier molecular flexibility index (Phi) is 3.77. The molecular formula is C7H14. The largest absolute Gasteiger partial charge is 0.0859 e. The molecule has 0 aliphatic heterocycles. The molecular weight excluding hydrogens is 84.1 g/mol. The summed E-state index contributed by atoms with van der Waals surface area (Å²) in [6.45, 7) is 6.52. The zero-order chi connectivity index (χ0) is 5.70. The summed E-state index contributed by atoms with van der Waals surface area (Å²) in [5.74, 6) is 0. The van der Waals surface area contributed by atoms with Gasteiger partial charge in [0, 0.05) is 0 Å². The van der Waals surface area contributed by atoms with Crippen LogP contribution in [0.4, 0.5) is 0 Å². The molecule has 0 aromatic carbocycles. The maximum Gasteiger partial charge on any atom is -0.0352 e. The van der Waals surface area contributed by atoms with E-state index >= 15 is 0 Å². The van der Waals surface area contributed by atoms with E-state index in [1.807, 2.05) is 0 Å². The molecule has 0 aliphatic carbocycles. The molecule has 0 spiro atoms. The Balaban J connectivity index is 3.29. The maximum atomic E-state index is 2.26. The third kappa shape index (κ3) is 3.57. The van der Waals surface area contributed by atoms with Gasteiger partial charge in [0.25, 0.3) is 0 Å². The van der Waals surface area contributed by atoms with Crippen molar-refractivity contribution in [2.24, 2.45) is 0 Å². The van der Waals surface area contributed by atoms with Crippen LogP contribution in [-0.2, 0) is 0 Å². The molecule has 0 aliphatic rings. The summed E-state index contributed by atoms with van der Waals surface area (Å²) >= 11 is 0. The average molecular weight is 98.2 g/mol. The second kappa shape index (κ2) is 3.91. The first kappa shape index (κ1) is 6.74. The molecule has 0 aromatic rings.